The van der Waals surface area contributed by atoms with E-state index in [1.54, 1.807) is 40.4 Å². The molecule has 0 saturated carbocycles. The van der Waals surface area contributed by atoms with Crippen LogP contribution in [-0.2, 0) is 13.5 Å². The van der Waals surface area contributed by atoms with Gasteiger partial charge in [0.25, 0.3) is 5.91 Å². The van der Waals surface area contributed by atoms with E-state index in [1.165, 1.54) is 21.9 Å². The maximum atomic E-state index is 14.3. The van der Waals surface area contributed by atoms with Gasteiger partial charge in [-0.25, -0.2) is 13.9 Å². The minimum Gasteiger partial charge on any atom is -0.348 e. The maximum absolute atomic E-state index is 14.3. The van der Waals surface area contributed by atoms with Gasteiger partial charge in [-0.3, -0.25) is 9.48 Å². The van der Waals surface area contributed by atoms with E-state index < -0.39 is 6.04 Å². The molecule has 0 spiro atoms. The number of hydrogen-bond acceptors (Lipinski definition) is 7. The largest absolute Gasteiger partial charge is 0.348 e. The molecule has 6 rings (SSSR count). The number of pyridine rings is 1. The Morgan fingerprint density at radius 1 is 1.34 bits per heavy atom. The number of nitrogens with zero attached hydrogens (tertiary/aromatic N) is 8. The molecule has 1 atom stereocenters. The molecular weight excluding hydrogens is 433 g/mol. The van der Waals surface area contributed by atoms with Gasteiger partial charge in [0.1, 0.15) is 17.4 Å². The number of H-pyrrole nitrogens is 1. The molecule has 1 aliphatic rings. The summed E-state index contributed by atoms with van der Waals surface area (Å²) in [5.41, 5.74) is 3.31. The lowest BCUT2D eigenvalue weighted by molar-refractivity contribution is 0.0685. The fraction of sp³-hybridized carbons (Fsp3) is 0.200. The molecule has 0 aliphatic carbocycles. The lowest BCUT2D eigenvalue weighted by Crippen LogP contribution is -2.41. The van der Waals surface area contributed by atoms with Crippen LogP contribution in [0.4, 0.5) is 4.39 Å². The Morgan fingerprint density at radius 2 is 2.25 bits per heavy atom. The minimum atomic E-state index is -0.567. The van der Waals surface area contributed by atoms with Gasteiger partial charge >= 0.3 is 0 Å². The van der Waals surface area contributed by atoms with Crippen molar-refractivity contribution in [2.75, 3.05) is 6.54 Å². The summed E-state index contributed by atoms with van der Waals surface area (Å²) in [5.74, 6) is -0.652. The quantitative estimate of drug-likeness (QED) is 0.452. The van der Waals surface area contributed by atoms with Gasteiger partial charge in [0.05, 0.1) is 29.5 Å². The van der Waals surface area contributed by atoms with Gasteiger partial charge in [-0.1, -0.05) is 11.3 Å². The van der Waals surface area contributed by atoms with Crippen LogP contribution in [0.2, 0.25) is 0 Å². The van der Waals surface area contributed by atoms with Crippen molar-refractivity contribution in [2.45, 2.75) is 12.5 Å². The van der Waals surface area contributed by atoms with Crippen LogP contribution < -0.4 is 0 Å². The van der Waals surface area contributed by atoms with Crippen molar-refractivity contribution >= 4 is 22.8 Å². The zero-order valence-corrected chi connectivity index (χ0v) is 17.6. The minimum absolute atomic E-state index is 0.266. The molecule has 5 aromatic rings. The Morgan fingerprint density at radius 3 is 3.06 bits per heavy atom. The standard InChI is InChI=1S/C20H16FN9OS/c1-28-9-11(8-24-28)18-25-26-19(32-18)20(31)29-6-4-13-16(23-10-22-13)17(29)14-7-15-12(21)3-2-5-30(15)27-14/h2-3,5,7-10,17H,4,6H2,1H3,(H,22,23). The molecule has 10 nitrogen and oxygen atoms in total. The third kappa shape index (κ3) is 2.91. The second kappa shape index (κ2) is 7.05. The van der Waals surface area contributed by atoms with E-state index in [1.807, 2.05) is 13.2 Å². The first-order valence-corrected chi connectivity index (χ1v) is 10.7. The molecule has 0 saturated heterocycles. The summed E-state index contributed by atoms with van der Waals surface area (Å²) in [6.07, 6.45) is 7.40. The number of carbonyl (C=O) groups is 1. The molecule has 6 heterocycles. The number of rotatable bonds is 3. The van der Waals surface area contributed by atoms with Gasteiger partial charge in [0, 0.05) is 38.1 Å². The van der Waals surface area contributed by atoms with Gasteiger partial charge in [-0.2, -0.15) is 10.2 Å². The van der Waals surface area contributed by atoms with Crippen molar-refractivity contribution in [3.8, 4) is 10.6 Å². The molecule has 160 valence electrons. The van der Waals surface area contributed by atoms with Crippen molar-refractivity contribution in [3.05, 3.63) is 71.0 Å². The van der Waals surface area contributed by atoms with Gasteiger partial charge in [-0.05, 0) is 18.2 Å². The van der Waals surface area contributed by atoms with Crippen LogP contribution in [0.5, 0.6) is 0 Å². The van der Waals surface area contributed by atoms with E-state index >= 15 is 0 Å². The molecule has 0 fully saturated rings. The van der Waals surface area contributed by atoms with Gasteiger partial charge in [-0.15, -0.1) is 10.2 Å². The summed E-state index contributed by atoms with van der Waals surface area (Å²) in [7, 11) is 1.81. The highest BCUT2D eigenvalue weighted by molar-refractivity contribution is 7.16. The van der Waals surface area contributed by atoms with Crippen LogP contribution >= 0.6 is 11.3 Å². The van der Waals surface area contributed by atoms with Crippen LogP contribution in [0.1, 0.15) is 32.9 Å². The normalized spacial score (nSPS) is 15.9. The van der Waals surface area contributed by atoms with Gasteiger partial charge < -0.3 is 9.88 Å². The maximum Gasteiger partial charge on any atom is 0.285 e. The van der Waals surface area contributed by atoms with E-state index in [9.17, 15) is 9.18 Å². The molecular formula is C20H16FN9OS. The molecule has 32 heavy (non-hydrogen) atoms. The number of aryl methyl sites for hydroxylation is 1. The van der Waals surface area contributed by atoms with Crippen molar-refractivity contribution in [2.24, 2.45) is 7.05 Å². The zero-order valence-electron chi connectivity index (χ0n) is 16.8. The highest BCUT2D eigenvalue weighted by Crippen LogP contribution is 2.35. The molecule has 5 aromatic heterocycles. The number of imidazole rings is 1. The third-order valence-electron chi connectivity index (χ3n) is 5.49. The molecule has 0 aromatic carbocycles. The molecule has 0 radical (unpaired) electrons. The first kappa shape index (κ1) is 18.8. The fourth-order valence-corrected chi connectivity index (χ4v) is 4.78. The molecule has 1 amide bonds. The van der Waals surface area contributed by atoms with Crippen molar-refractivity contribution < 1.29 is 9.18 Å². The topological polar surface area (TPSA) is 110 Å². The van der Waals surface area contributed by atoms with Crippen molar-refractivity contribution in [3.63, 3.8) is 0 Å². The van der Waals surface area contributed by atoms with E-state index in [0.717, 1.165) is 11.3 Å². The van der Waals surface area contributed by atoms with Crippen LogP contribution in [-0.4, -0.2) is 56.9 Å². The van der Waals surface area contributed by atoms with E-state index in [2.05, 4.69) is 30.4 Å². The number of fused-ring (bicyclic) bond motifs is 2. The number of carbonyl (C=O) groups excluding carboxylic acids is 1. The van der Waals surface area contributed by atoms with Gasteiger partial charge in [0.15, 0.2) is 5.01 Å². The summed E-state index contributed by atoms with van der Waals surface area (Å²) in [6.45, 7) is 0.441. The lowest BCUT2D eigenvalue weighted by atomic mass is 9.99. The summed E-state index contributed by atoms with van der Waals surface area (Å²) in [5, 5.41) is 17.9. The third-order valence-corrected chi connectivity index (χ3v) is 6.46. The summed E-state index contributed by atoms with van der Waals surface area (Å²) >= 11 is 1.21. The smallest absolute Gasteiger partial charge is 0.285 e. The first-order chi connectivity index (χ1) is 15.6. The van der Waals surface area contributed by atoms with E-state index in [0.29, 0.717) is 34.9 Å². The second-order valence-corrected chi connectivity index (χ2v) is 8.47. The number of nitrogens with one attached hydrogen (secondary N) is 1. The number of hydrogen-bond donors (Lipinski definition) is 1. The van der Waals surface area contributed by atoms with Crippen LogP contribution in [0.25, 0.3) is 16.1 Å². The first-order valence-electron chi connectivity index (χ1n) is 9.88. The fourth-order valence-electron chi connectivity index (χ4n) is 4.01. The molecule has 1 aliphatic heterocycles. The molecule has 12 heteroatoms. The monoisotopic (exact) mass is 449 g/mol. The Hall–Kier alpha value is -3.93. The van der Waals surface area contributed by atoms with Gasteiger partial charge in [0.2, 0.25) is 5.01 Å². The predicted molar refractivity (Wildman–Crippen MR) is 112 cm³/mol. The Kier molecular flexibility index (Phi) is 4.15. The molecule has 1 unspecified atom stereocenters. The van der Waals surface area contributed by atoms with Crippen LogP contribution in [0, 0.1) is 5.82 Å². The van der Waals surface area contributed by atoms with E-state index in [-0.39, 0.29) is 16.7 Å². The SMILES string of the molecule is Cn1cc(-c2nnc(C(=O)N3CCc4[nH]cnc4C3c3cc4c(F)cccn4n3)s2)cn1. The van der Waals surface area contributed by atoms with E-state index in [4.69, 9.17) is 0 Å². The van der Waals surface area contributed by atoms with Crippen molar-refractivity contribution in [1.29, 1.82) is 0 Å². The Balaban J connectivity index is 1.41. The zero-order chi connectivity index (χ0) is 21.8. The summed E-state index contributed by atoms with van der Waals surface area (Å²) < 4.78 is 17.4. The molecule has 0 bridgehead atoms. The van der Waals surface area contributed by atoms with Crippen LogP contribution in [0.3, 0.4) is 0 Å². The number of aromatic amines is 1. The predicted octanol–water partition coefficient (Wildman–Crippen LogP) is 2.24. The number of aromatic nitrogens is 8. The lowest BCUT2D eigenvalue weighted by Gasteiger charge is -2.33. The second-order valence-electron chi connectivity index (χ2n) is 7.49. The Labute approximate surface area is 184 Å². The molecule has 1 N–H and O–H groups in total. The average Bonchev–Trinajstić information content (AvgIpc) is 3.57. The Bertz CT molecular complexity index is 1460. The number of amides is 1. The van der Waals surface area contributed by atoms with Crippen molar-refractivity contribution in [1.82, 2.24) is 44.5 Å². The summed E-state index contributed by atoms with van der Waals surface area (Å²) in [4.78, 5) is 22.8. The number of halogens is 1. The summed E-state index contributed by atoms with van der Waals surface area (Å²) in [6, 6.07) is 4.06. The highest BCUT2D eigenvalue weighted by atomic mass is 32.1. The highest BCUT2D eigenvalue weighted by Gasteiger charge is 2.37. The van der Waals surface area contributed by atoms with Crippen LogP contribution in [0.15, 0.2) is 43.1 Å². The average molecular weight is 449 g/mol.